The fourth-order valence-corrected chi connectivity index (χ4v) is 6.82. The van der Waals surface area contributed by atoms with Crippen LogP contribution in [0.5, 0.6) is 0 Å². The van der Waals surface area contributed by atoms with Crippen molar-refractivity contribution in [1.29, 1.82) is 0 Å². The largest absolute Gasteiger partial charge is 0.381 e. The number of piperidine rings is 1. The Balaban J connectivity index is 1.17. The third-order valence-corrected chi connectivity index (χ3v) is 9.08. The molecule has 0 saturated carbocycles. The summed E-state index contributed by atoms with van der Waals surface area (Å²) in [6.45, 7) is 5.76. The zero-order valence-corrected chi connectivity index (χ0v) is 19.4. The van der Waals surface area contributed by atoms with Crippen LogP contribution < -0.4 is 21.3 Å². The number of nitrogens with zero attached hydrogens (tertiary/aromatic N) is 5. The second kappa shape index (κ2) is 7.74. The van der Waals surface area contributed by atoms with Crippen LogP contribution in [0.4, 0.5) is 17.5 Å². The molecule has 0 amide bonds. The van der Waals surface area contributed by atoms with Gasteiger partial charge in [-0.3, -0.25) is 0 Å². The van der Waals surface area contributed by atoms with E-state index >= 15 is 0 Å². The number of hydrogen-bond acceptors (Lipinski definition) is 9. The van der Waals surface area contributed by atoms with E-state index in [0.717, 1.165) is 62.2 Å². The van der Waals surface area contributed by atoms with Gasteiger partial charge in [0.25, 0.3) is 0 Å². The van der Waals surface area contributed by atoms with Crippen LogP contribution in [-0.2, 0) is 11.2 Å². The van der Waals surface area contributed by atoms with Gasteiger partial charge in [-0.15, -0.1) is 0 Å². The SMILES string of the molecule is C[C@@H]1OCC2(CCN(c3cnc(Sc4ccnc5c4CC4CCCN54)c(N)n3)CC2)[C@@H]1N. The molecule has 1 unspecified atom stereocenters. The van der Waals surface area contributed by atoms with E-state index in [4.69, 9.17) is 26.2 Å². The van der Waals surface area contributed by atoms with Crippen molar-refractivity contribution < 1.29 is 4.74 Å². The molecule has 170 valence electrons. The molecular weight excluding hydrogens is 422 g/mol. The van der Waals surface area contributed by atoms with E-state index in [-0.39, 0.29) is 17.6 Å². The number of pyridine rings is 1. The van der Waals surface area contributed by atoms with Crippen molar-refractivity contribution in [3.05, 3.63) is 24.0 Å². The molecule has 6 heterocycles. The summed E-state index contributed by atoms with van der Waals surface area (Å²) in [6, 6.07) is 2.80. The molecule has 0 aromatic carbocycles. The minimum atomic E-state index is 0.0979. The molecule has 1 spiro atoms. The Labute approximate surface area is 193 Å². The lowest BCUT2D eigenvalue weighted by Gasteiger charge is -2.41. The van der Waals surface area contributed by atoms with Crippen LogP contribution in [-0.4, -0.2) is 59.4 Å². The normalized spacial score (nSPS) is 28.4. The zero-order chi connectivity index (χ0) is 21.9. The lowest BCUT2D eigenvalue weighted by molar-refractivity contribution is 0.0974. The van der Waals surface area contributed by atoms with Crippen molar-refractivity contribution >= 4 is 29.2 Å². The first kappa shape index (κ1) is 20.5. The van der Waals surface area contributed by atoms with Crippen LogP contribution in [0.3, 0.4) is 0 Å². The topological polar surface area (TPSA) is 106 Å². The smallest absolute Gasteiger partial charge is 0.158 e. The van der Waals surface area contributed by atoms with Gasteiger partial charge in [-0.2, -0.15) is 0 Å². The molecule has 0 aliphatic carbocycles. The predicted octanol–water partition coefficient (Wildman–Crippen LogP) is 2.46. The molecule has 2 aromatic rings. The van der Waals surface area contributed by atoms with Crippen LogP contribution in [0.2, 0.25) is 0 Å². The Morgan fingerprint density at radius 1 is 1.22 bits per heavy atom. The Hall–Kier alpha value is -2.10. The van der Waals surface area contributed by atoms with E-state index in [1.54, 1.807) is 11.8 Å². The molecule has 6 rings (SSSR count). The molecule has 9 heteroatoms. The molecule has 3 saturated heterocycles. The first-order valence-electron chi connectivity index (χ1n) is 11.7. The molecule has 32 heavy (non-hydrogen) atoms. The number of ether oxygens (including phenoxy) is 1. The van der Waals surface area contributed by atoms with E-state index in [9.17, 15) is 0 Å². The number of anilines is 3. The van der Waals surface area contributed by atoms with Crippen molar-refractivity contribution in [2.24, 2.45) is 11.1 Å². The molecule has 4 N–H and O–H groups in total. The van der Waals surface area contributed by atoms with Gasteiger partial charge in [0.2, 0.25) is 0 Å². The quantitative estimate of drug-likeness (QED) is 0.725. The second-order valence-electron chi connectivity index (χ2n) is 9.72. The molecule has 0 bridgehead atoms. The first-order chi connectivity index (χ1) is 15.5. The average Bonchev–Trinajstić information content (AvgIpc) is 3.47. The van der Waals surface area contributed by atoms with E-state index in [0.29, 0.717) is 11.9 Å². The molecule has 3 atom stereocenters. The summed E-state index contributed by atoms with van der Waals surface area (Å²) in [7, 11) is 0. The van der Waals surface area contributed by atoms with Crippen LogP contribution >= 0.6 is 11.8 Å². The van der Waals surface area contributed by atoms with E-state index in [1.807, 2.05) is 12.4 Å². The van der Waals surface area contributed by atoms with Gasteiger partial charge in [0.15, 0.2) is 5.82 Å². The van der Waals surface area contributed by atoms with Gasteiger partial charge in [0, 0.05) is 53.8 Å². The lowest BCUT2D eigenvalue weighted by atomic mass is 9.73. The van der Waals surface area contributed by atoms with Crippen molar-refractivity contribution in [2.75, 3.05) is 41.8 Å². The average molecular weight is 454 g/mol. The molecule has 8 nitrogen and oxygen atoms in total. The summed E-state index contributed by atoms with van der Waals surface area (Å²) in [5.74, 6) is 2.49. The second-order valence-corrected chi connectivity index (χ2v) is 10.7. The maximum atomic E-state index is 6.46. The summed E-state index contributed by atoms with van der Waals surface area (Å²) in [5.41, 5.74) is 14.3. The Morgan fingerprint density at radius 2 is 2.06 bits per heavy atom. The van der Waals surface area contributed by atoms with E-state index in [2.05, 4.69) is 27.8 Å². The number of rotatable bonds is 3. The number of hydrogen-bond donors (Lipinski definition) is 2. The summed E-state index contributed by atoms with van der Waals surface area (Å²) in [4.78, 5) is 20.0. The van der Waals surface area contributed by atoms with Crippen molar-refractivity contribution in [3.8, 4) is 0 Å². The molecule has 2 aromatic heterocycles. The van der Waals surface area contributed by atoms with Crippen molar-refractivity contribution in [3.63, 3.8) is 0 Å². The highest BCUT2D eigenvalue weighted by molar-refractivity contribution is 7.99. The summed E-state index contributed by atoms with van der Waals surface area (Å²) in [6.07, 6.45) is 9.51. The predicted molar refractivity (Wildman–Crippen MR) is 126 cm³/mol. The molecule has 3 fully saturated rings. The highest BCUT2D eigenvalue weighted by atomic mass is 32.2. The van der Waals surface area contributed by atoms with Gasteiger partial charge >= 0.3 is 0 Å². The maximum Gasteiger partial charge on any atom is 0.158 e. The van der Waals surface area contributed by atoms with Crippen LogP contribution in [0.1, 0.15) is 38.2 Å². The lowest BCUT2D eigenvalue weighted by Crippen LogP contribution is -2.50. The molecule has 4 aliphatic heterocycles. The Morgan fingerprint density at radius 3 is 2.81 bits per heavy atom. The minimum absolute atomic E-state index is 0.0979. The summed E-state index contributed by atoms with van der Waals surface area (Å²) in [5, 5.41) is 0.766. The van der Waals surface area contributed by atoms with Gasteiger partial charge < -0.3 is 26.0 Å². The number of nitrogens with two attached hydrogens (primary N) is 2. The summed E-state index contributed by atoms with van der Waals surface area (Å²) >= 11 is 1.61. The molecule has 0 radical (unpaired) electrons. The van der Waals surface area contributed by atoms with Crippen molar-refractivity contribution in [1.82, 2.24) is 15.0 Å². The van der Waals surface area contributed by atoms with Gasteiger partial charge in [-0.1, -0.05) is 11.8 Å². The third-order valence-electron chi connectivity index (χ3n) is 7.97. The van der Waals surface area contributed by atoms with Gasteiger partial charge in [0.1, 0.15) is 16.7 Å². The van der Waals surface area contributed by atoms with E-state index in [1.165, 1.54) is 23.3 Å². The Kier molecular flexibility index (Phi) is 4.96. The highest BCUT2D eigenvalue weighted by Gasteiger charge is 2.47. The Bertz CT molecular complexity index is 1030. The fourth-order valence-electron chi connectivity index (χ4n) is 5.93. The fraction of sp³-hybridized carbons (Fsp3) is 0.609. The minimum Gasteiger partial charge on any atom is -0.381 e. The zero-order valence-electron chi connectivity index (χ0n) is 18.5. The maximum absolute atomic E-state index is 6.46. The highest BCUT2D eigenvalue weighted by Crippen LogP contribution is 2.44. The van der Waals surface area contributed by atoms with Crippen LogP contribution in [0.25, 0.3) is 0 Å². The van der Waals surface area contributed by atoms with Gasteiger partial charge in [-0.25, -0.2) is 15.0 Å². The number of fused-ring (bicyclic) bond motifs is 3. The van der Waals surface area contributed by atoms with E-state index < -0.39 is 0 Å². The van der Waals surface area contributed by atoms with Gasteiger partial charge in [-0.05, 0) is 45.1 Å². The molecule has 4 aliphatic rings. The monoisotopic (exact) mass is 453 g/mol. The third kappa shape index (κ3) is 3.24. The van der Waals surface area contributed by atoms with Gasteiger partial charge in [0.05, 0.1) is 18.9 Å². The standard InChI is InChI=1S/C23H31N7OS/c1-14-19(24)23(13-31-14)5-9-29(10-6-23)18-12-27-22(20(25)28-18)32-17-4-7-26-21-16(17)11-15-3-2-8-30(15)21/h4,7,12,14-15,19H,2-3,5-6,8-11,13,24H2,1H3,(H2,25,28)/t14-,15?,19+/m0/s1. The van der Waals surface area contributed by atoms with Crippen molar-refractivity contribution in [2.45, 2.75) is 67.1 Å². The van der Waals surface area contributed by atoms with Crippen LogP contribution in [0.15, 0.2) is 28.4 Å². The van der Waals surface area contributed by atoms with Crippen LogP contribution in [0, 0.1) is 5.41 Å². The number of aromatic nitrogens is 3. The first-order valence-corrected chi connectivity index (χ1v) is 12.5. The number of nitrogen functional groups attached to an aromatic ring is 1. The molecular formula is C23H31N7OS. The summed E-state index contributed by atoms with van der Waals surface area (Å²) < 4.78 is 5.84.